The van der Waals surface area contributed by atoms with Crippen molar-refractivity contribution in [1.82, 2.24) is 10.3 Å². The van der Waals surface area contributed by atoms with E-state index < -0.39 is 0 Å². The highest BCUT2D eigenvalue weighted by Gasteiger charge is 2.19. The molecule has 0 bridgehead atoms. The van der Waals surface area contributed by atoms with Gasteiger partial charge in [0, 0.05) is 30.1 Å². The highest BCUT2D eigenvalue weighted by atomic mass is 35.5. The first kappa shape index (κ1) is 18.7. The van der Waals surface area contributed by atoms with Crippen LogP contribution in [0.25, 0.3) is 0 Å². The maximum absolute atomic E-state index is 12.6. The molecule has 1 atom stereocenters. The molecule has 138 valence electrons. The zero-order valence-corrected chi connectivity index (χ0v) is 15.8. The Labute approximate surface area is 159 Å². The van der Waals surface area contributed by atoms with Gasteiger partial charge in [-0.05, 0) is 48.6 Å². The second-order valence-corrected chi connectivity index (χ2v) is 7.23. The fraction of sp³-hybridized carbons (Fsp3) is 0.400. The number of nitrogens with zero attached hydrogens (tertiary/aromatic N) is 1. The molecule has 0 aliphatic carbocycles. The third-order valence-corrected chi connectivity index (χ3v) is 4.65. The second-order valence-electron chi connectivity index (χ2n) is 6.79. The molecular weight excluding hydrogens is 350 g/mol. The van der Waals surface area contributed by atoms with Crippen LogP contribution < -0.4 is 10.6 Å². The molecule has 2 aromatic rings. The molecule has 1 aromatic heterocycles. The minimum absolute atomic E-state index is 0.106. The number of aromatic nitrogens is 1. The molecule has 26 heavy (non-hydrogen) atoms. The Bertz CT molecular complexity index is 773. The third kappa shape index (κ3) is 4.74. The SMILES string of the molecule is CC(C)c1cc(Nc2cccc(Cl)c2)ncc1C(=O)NC[C@@H]1CCCO1. The average Bonchev–Trinajstić information content (AvgIpc) is 3.13. The number of carbonyl (C=O) groups excluding carboxylic acids is 1. The molecule has 1 amide bonds. The van der Waals surface area contributed by atoms with Gasteiger partial charge >= 0.3 is 0 Å². The molecular formula is C20H24ClN3O2. The minimum atomic E-state index is -0.106. The van der Waals surface area contributed by atoms with E-state index in [2.05, 4.69) is 29.5 Å². The van der Waals surface area contributed by atoms with Crippen molar-refractivity contribution in [3.63, 3.8) is 0 Å². The first-order chi connectivity index (χ1) is 12.5. The van der Waals surface area contributed by atoms with Crippen molar-refractivity contribution in [2.75, 3.05) is 18.5 Å². The molecule has 1 aliphatic rings. The summed E-state index contributed by atoms with van der Waals surface area (Å²) in [4.78, 5) is 17.0. The molecule has 2 heterocycles. The summed E-state index contributed by atoms with van der Waals surface area (Å²) in [6.45, 7) is 5.45. The molecule has 5 nitrogen and oxygen atoms in total. The molecule has 1 aromatic carbocycles. The fourth-order valence-corrected chi connectivity index (χ4v) is 3.22. The van der Waals surface area contributed by atoms with Crippen LogP contribution in [0.15, 0.2) is 36.5 Å². The molecule has 1 fully saturated rings. The number of rotatable bonds is 6. The summed E-state index contributed by atoms with van der Waals surface area (Å²) in [5.41, 5.74) is 2.42. The van der Waals surface area contributed by atoms with Crippen LogP contribution in [0.4, 0.5) is 11.5 Å². The van der Waals surface area contributed by atoms with Crippen LogP contribution in [0.2, 0.25) is 5.02 Å². The number of anilines is 2. The molecule has 0 unspecified atom stereocenters. The molecule has 2 N–H and O–H groups in total. The van der Waals surface area contributed by atoms with Crippen molar-refractivity contribution >= 4 is 29.0 Å². The van der Waals surface area contributed by atoms with Gasteiger partial charge in [-0.15, -0.1) is 0 Å². The number of carbonyl (C=O) groups is 1. The number of hydrogen-bond donors (Lipinski definition) is 2. The summed E-state index contributed by atoms with van der Waals surface area (Å²) in [5, 5.41) is 6.86. The van der Waals surface area contributed by atoms with Crippen LogP contribution >= 0.6 is 11.6 Å². The molecule has 0 radical (unpaired) electrons. The molecule has 0 saturated carbocycles. The highest BCUT2D eigenvalue weighted by Crippen LogP contribution is 2.25. The van der Waals surface area contributed by atoms with Crippen LogP contribution in [0.1, 0.15) is 48.5 Å². The smallest absolute Gasteiger partial charge is 0.253 e. The van der Waals surface area contributed by atoms with Crippen LogP contribution in [0.5, 0.6) is 0 Å². The summed E-state index contributed by atoms with van der Waals surface area (Å²) in [5.74, 6) is 0.777. The quantitative estimate of drug-likeness (QED) is 0.781. The normalized spacial score (nSPS) is 16.7. The molecule has 1 saturated heterocycles. The topological polar surface area (TPSA) is 63.2 Å². The maximum atomic E-state index is 12.6. The van der Waals surface area contributed by atoms with Gasteiger partial charge in [0.15, 0.2) is 0 Å². The van der Waals surface area contributed by atoms with Crippen molar-refractivity contribution in [3.8, 4) is 0 Å². The zero-order valence-electron chi connectivity index (χ0n) is 15.1. The fourth-order valence-electron chi connectivity index (χ4n) is 3.03. The number of nitrogens with one attached hydrogen (secondary N) is 2. The Morgan fingerprint density at radius 2 is 2.23 bits per heavy atom. The van der Waals surface area contributed by atoms with Gasteiger partial charge in [0.2, 0.25) is 0 Å². The third-order valence-electron chi connectivity index (χ3n) is 4.41. The van der Waals surface area contributed by atoms with E-state index in [1.807, 2.05) is 30.3 Å². The predicted molar refractivity (Wildman–Crippen MR) is 104 cm³/mol. The van der Waals surface area contributed by atoms with E-state index >= 15 is 0 Å². The largest absolute Gasteiger partial charge is 0.376 e. The average molecular weight is 374 g/mol. The van der Waals surface area contributed by atoms with Crippen molar-refractivity contribution in [2.24, 2.45) is 0 Å². The lowest BCUT2D eigenvalue weighted by Crippen LogP contribution is -2.32. The van der Waals surface area contributed by atoms with Crippen molar-refractivity contribution < 1.29 is 9.53 Å². The predicted octanol–water partition coefficient (Wildman–Crippen LogP) is 4.51. The van der Waals surface area contributed by atoms with Gasteiger partial charge < -0.3 is 15.4 Å². The van der Waals surface area contributed by atoms with Gasteiger partial charge in [0.05, 0.1) is 11.7 Å². The lowest BCUT2D eigenvalue weighted by Gasteiger charge is -2.16. The van der Waals surface area contributed by atoms with Crippen LogP contribution in [-0.2, 0) is 4.74 Å². The molecule has 3 rings (SSSR count). The Morgan fingerprint density at radius 3 is 2.92 bits per heavy atom. The van der Waals surface area contributed by atoms with E-state index in [-0.39, 0.29) is 17.9 Å². The van der Waals surface area contributed by atoms with Gasteiger partial charge in [-0.2, -0.15) is 0 Å². The van der Waals surface area contributed by atoms with E-state index in [4.69, 9.17) is 16.3 Å². The highest BCUT2D eigenvalue weighted by molar-refractivity contribution is 6.30. The number of amides is 1. The lowest BCUT2D eigenvalue weighted by atomic mass is 9.98. The summed E-state index contributed by atoms with van der Waals surface area (Å²) in [7, 11) is 0. The van der Waals surface area contributed by atoms with Crippen LogP contribution in [0.3, 0.4) is 0 Å². The van der Waals surface area contributed by atoms with E-state index in [1.165, 1.54) is 0 Å². The summed E-state index contributed by atoms with van der Waals surface area (Å²) in [6, 6.07) is 9.38. The lowest BCUT2D eigenvalue weighted by molar-refractivity contribution is 0.0856. The zero-order chi connectivity index (χ0) is 18.5. The van der Waals surface area contributed by atoms with Crippen molar-refractivity contribution in [2.45, 2.75) is 38.7 Å². The number of ether oxygens (including phenoxy) is 1. The molecule has 0 spiro atoms. The van der Waals surface area contributed by atoms with Gasteiger partial charge in [-0.1, -0.05) is 31.5 Å². The van der Waals surface area contributed by atoms with Crippen molar-refractivity contribution in [1.29, 1.82) is 0 Å². The summed E-state index contributed by atoms with van der Waals surface area (Å²) < 4.78 is 5.56. The Hall–Kier alpha value is -2.11. The molecule has 1 aliphatic heterocycles. The van der Waals surface area contributed by atoms with E-state index in [0.717, 1.165) is 30.7 Å². The summed E-state index contributed by atoms with van der Waals surface area (Å²) in [6.07, 6.45) is 3.81. The number of halogens is 1. The van der Waals surface area contributed by atoms with E-state index in [9.17, 15) is 4.79 Å². The van der Waals surface area contributed by atoms with E-state index in [1.54, 1.807) is 6.20 Å². The number of hydrogen-bond acceptors (Lipinski definition) is 4. The van der Waals surface area contributed by atoms with Gasteiger partial charge in [0.1, 0.15) is 5.82 Å². The van der Waals surface area contributed by atoms with Crippen molar-refractivity contribution in [3.05, 3.63) is 52.7 Å². The first-order valence-electron chi connectivity index (χ1n) is 8.95. The van der Waals surface area contributed by atoms with Crippen LogP contribution in [-0.4, -0.2) is 30.1 Å². The first-order valence-corrected chi connectivity index (χ1v) is 9.33. The van der Waals surface area contributed by atoms with Gasteiger partial charge in [0.25, 0.3) is 5.91 Å². The standard InChI is InChI=1S/C20H24ClN3O2/c1-13(2)17-10-19(24-15-6-3-5-14(21)9-15)22-12-18(17)20(25)23-11-16-7-4-8-26-16/h3,5-6,9-10,12-13,16H,4,7-8,11H2,1-2H3,(H,22,24)(H,23,25)/t16-/m0/s1. The maximum Gasteiger partial charge on any atom is 0.253 e. The van der Waals surface area contributed by atoms with Gasteiger partial charge in [-0.3, -0.25) is 4.79 Å². The second kappa shape index (κ2) is 8.52. The van der Waals surface area contributed by atoms with E-state index in [0.29, 0.717) is 22.9 Å². The Kier molecular flexibility index (Phi) is 6.12. The van der Waals surface area contributed by atoms with Crippen LogP contribution in [0, 0.1) is 0 Å². The Balaban J connectivity index is 1.74. The minimum Gasteiger partial charge on any atom is -0.376 e. The number of pyridine rings is 1. The van der Waals surface area contributed by atoms with Gasteiger partial charge in [-0.25, -0.2) is 4.98 Å². The Morgan fingerprint density at radius 1 is 1.38 bits per heavy atom. The number of benzene rings is 1. The monoisotopic (exact) mass is 373 g/mol. The summed E-state index contributed by atoms with van der Waals surface area (Å²) >= 11 is 6.02. The molecule has 6 heteroatoms.